The highest BCUT2D eigenvalue weighted by Gasteiger charge is 2.28. The zero-order valence-electron chi connectivity index (χ0n) is 13.3. The molecule has 0 saturated heterocycles. The summed E-state index contributed by atoms with van der Waals surface area (Å²) in [6.07, 6.45) is 3.12. The van der Waals surface area contributed by atoms with Gasteiger partial charge < -0.3 is 10.0 Å². The van der Waals surface area contributed by atoms with Crippen LogP contribution in [0.3, 0.4) is 0 Å². The first-order valence-electron chi connectivity index (χ1n) is 8.14. The Morgan fingerprint density at radius 2 is 2.13 bits per heavy atom. The van der Waals surface area contributed by atoms with Gasteiger partial charge in [-0.15, -0.1) is 0 Å². The lowest BCUT2D eigenvalue weighted by Crippen LogP contribution is -2.34. The van der Waals surface area contributed by atoms with Crippen LogP contribution in [-0.4, -0.2) is 40.6 Å². The molecule has 1 heterocycles. The Morgan fingerprint density at radius 1 is 1.35 bits per heavy atom. The van der Waals surface area contributed by atoms with Gasteiger partial charge in [0.2, 0.25) is 0 Å². The van der Waals surface area contributed by atoms with Crippen LogP contribution in [0.2, 0.25) is 5.02 Å². The number of fused-ring (bicyclic) bond motifs is 1. The van der Waals surface area contributed by atoms with Gasteiger partial charge in [0.1, 0.15) is 0 Å². The number of hydrogen-bond donors (Lipinski definition) is 1. The van der Waals surface area contributed by atoms with E-state index in [1.54, 1.807) is 17.0 Å². The Labute approximate surface area is 141 Å². The van der Waals surface area contributed by atoms with E-state index in [1.165, 1.54) is 0 Å². The molecule has 1 aliphatic carbocycles. The zero-order chi connectivity index (χ0) is 16.4. The molecule has 0 spiro atoms. The van der Waals surface area contributed by atoms with Gasteiger partial charge in [-0.1, -0.05) is 18.5 Å². The van der Waals surface area contributed by atoms with Crippen molar-refractivity contribution < 1.29 is 9.90 Å². The van der Waals surface area contributed by atoms with Crippen molar-refractivity contribution in [3.8, 4) is 0 Å². The highest BCUT2D eigenvalue weighted by atomic mass is 35.5. The van der Waals surface area contributed by atoms with Crippen molar-refractivity contribution in [1.29, 1.82) is 0 Å². The number of hydrogen-bond acceptors (Lipinski definition) is 3. The fourth-order valence-corrected chi connectivity index (χ4v) is 3.03. The van der Waals surface area contributed by atoms with Crippen LogP contribution in [0.4, 0.5) is 0 Å². The van der Waals surface area contributed by atoms with Crippen molar-refractivity contribution in [3.05, 3.63) is 40.5 Å². The molecule has 2 aromatic rings. The summed E-state index contributed by atoms with van der Waals surface area (Å²) in [7, 11) is 0. The van der Waals surface area contributed by atoms with Crippen LogP contribution in [-0.2, 0) is 0 Å². The molecule has 1 aromatic heterocycles. The predicted octanol–water partition coefficient (Wildman–Crippen LogP) is 3.61. The van der Waals surface area contributed by atoms with E-state index in [0.29, 0.717) is 29.6 Å². The first-order chi connectivity index (χ1) is 11.1. The third-order valence-corrected chi connectivity index (χ3v) is 4.40. The molecule has 3 rings (SSSR count). The molecule has 1 aromatic carbocycles. The van der Waals surface area contributed by atoms with E-state index in [0.717, 1.165) is 35.9 Å². The number of nitrogens with zero attached hydrogens (tertiary/aromatic N) is 2. The molecule has 1 aliphatic rings. The number of pyridine rings is 1. The van der Waals surface area contributed by atoms with Gasteiger partial charge >= 0.3 is 0 Å². The van der Waals surface area contributed by atoms with Crippen molar-refractivity contribution in [2.75, 3.05) is 19.7 Å². The number of aliphatic hydroxyl groups is 1. The van der Waals surface area contributed by atoms with E-state index >= 15 is 0 Å². The average Bonchev–Trinajstić information content (AvgIpc) is 3.38. The molecule has 1 N–H and O–H groups in total. The van der Waals surface area contributed by atoms with Crippen molar-refractivity contribution in [2.45, 2.75) is 32.1 Å². The van der Waals surface area contributed by atoms with Gasteiger partial charge in [-0.2, -0.15) is 0 Å². The van der Waals surface area contributed by atoms with Gasteiger partial charge in [0.05, 0.1) is 17.7 Å². The molecule has 4 nitrogen and oxygen atoms in total. The van der Waals surface area contributed by atoms with Crippen LogP contribution < -0.4 is 0 Å². The lowest BCUT2D eigenvalue weighted by atomic mass is 10.0. The Bertz CT molecular complexity index is 722. The minimum atomic E-state index is -0.0579. The molecule has 1 amide bonds. The van der Waals surface area contributed by atoms with Crippen LogP contribution >= 0.6 is 11.6 Å². The number of aliphatic hydroxyl groups excluding tert-OH is 1. The normalized spacial score (nSPS) is 14.2. The van der Waals surface area contributed by atoms with Gasteiger partial charge in [-0.05, 0) is 43.5 Å². The molecule has 0 bridgehead atoms. The minimum Gasteiger partial charge on any atom is -0.395 e. The minimum absolute atomic E-state index is 0.0367. The summed E-state index contributed by atoms with van der Waals surface area (Å²) >= 11 is 6.12. The third kappa shape index (κ3) is 3.48. The van der Waals surface area contributed by atoms with Crippen molar-refractivity contribution in [3.63, 3.8) is 0 Å². The van der Waals surface area contributed by atoms with Crippen LogP contribution in [0.5, 0.6) is 0 Å². The van der Waals surface area contributed by atoms with E-state index in [2.05, 4.69) is 0 Å². The molecule has 0 atom stereocenters. The van der Waals surface area contributed by atoms with Gasteiger partial charge in [-0.25, -0.2) is 0 Å². The SMILES string of the molecule is CCCN(CCO)C(=O)c1cc(C2CC2)nc2ccc(Cl)cc12. The number of halogens is 1. The summed E-state index contributed by atoms with van der Waals surface area (Å²) in [5.41, 5.74) is 2.44. The summed E-state index contributed by atoms with van der Waals surface area (Å²) in [4.78, 5) is 19.4. The number of carbonyl (C=O) groups excluding carboxylic acids is 1. The molecular weight excluding hydrogens is 312 g/mol. The molecular formula is C18H21ClN2O2. The highest BCUT2D eigenvalue weighted by Crippen LogP contribution is 2.40. The van der Waals surface area contributed by atoms with Crippen molar-refractivity contribution >= 4 is 28.4 Å². The second kappa shape index (κ2) is 6.85. The van der Waals surface area contributed by atoms with E-state index in [-0.39, 0.29) is 12.5 Å². The number of amides is 1. The lowest BCUT2D eigenvalue weighted by molar-refractivity contribution is 0.0724. The molecule has 1 saturated carbocycles. The molecule has 23 heavy (non-hydrogen) atoms. The monoisotopic (exact) mass is 332 g/mol. The van der Waals surface area contributed by atoms with Gasteiger partial charge in [-0.3, -0.25) is 9.78 Å². The van der Waals surface area contributed by atoms with E-state index in [4.69, 9.17) is 16.6 Å². The van der Waals surface area contributed by atoms with Gasteiger partial charge in [0, 0.05) is 35.1 Å². The quantitative estimate of drug-likeness (QED) is 0.879. The zero-order valence-corrected chi connectivity index (χ0v) is 14.0. The fraction of sp³-hybridized carbons (Fsp3) is 0.444. The molecule has 5 heteroatoms. The Kier molecular flexibility index (Phi) is 4.83. The predicted molar refractivity (Wildman–Crippen MR) is 92.0 cm³/mol. The van der Waals surface area contributed by atoms with Crippen molar-refractivity contribution in [1.82, 2.24) is 9.88 Å². The molecule has 122 valence electrons. The smallest absolute Gasteiger partial charge is 0.254 e. The lowest BCUT2D eigenvalue weighted by Gasteiger charge is -2.22. The highest BCUT2D eigenvalue weighted by molar-refractivity contribution is 6.31. The van der Waals surface area contributed by atoms with Crippen LogP contribution in [0, 0.1) is 0 Å². The molecule has 0 radical (unpaired) electrons. The number of benzene rings is 1. The first kappa shape index (κ1) is 16.2. The summed E-state index contributed by atoms with van der Waals surface area (Å²) < 4.78 is 0. The Balaban J connectivity index is 2.09. The summed E-state index contributed by atoms with van der Waals surface area (Å²) in [6, 6.07) is 7.39. The summed E-state index contributed by atoms with van der Waals surface area (Å²) in [5, 5.41) is 10.6. The van der Waals surface area contributed by atoms with E-state index in [9.17, 15) is 9.90 Å². The number of aromatic nitrogens is 1. The van der Waals surface area contributed by atoms with Crippen LogP contribution in [0.1, 0.15) is 48.2 Å². The maximum absolute atomic E-state index is 13.0. The molecule has 0 aliphatic heterocycles. The average molecular weight is 333 g/mol. The van der Waals surface area contributed by atoms with E-state index in [1.807, 2.05) is 19.1 Å². The topological polar surface area (TPSA) is 53.4 Å². The molecule has 0 unspecified atom stereocenters. The summed E-state index contributed by atoms with van der Waals surface area (Å²) in [5.74, 6) is 0.413. The second-order valence-corrected chi connectivity index (χ2v) is 6.48. The maximum Gasteiger partial charge on any atom is 0.254 e. The number of rotatable bonds is 6. The van der Waals surface area contributed by atoms with Crippen LogP contribution in [0.15, 0.2) is 24.3 Å². The number of carbonyl (C=O) groups is 1. The van der Waals surface area contributed by atoms with E-state index < -0.39 is 0 Å². The van der Waals surface area contributed by atoms with Gasteiger partial charge in [0.15, 0.2) is 0 Å². The molecule has 1 fully saturated rings. The van der Waals surface area contributed by atoms with Crippen LogP contribution in [0.25, 0.3) is 10.9 Å². The summed E-state index contributed by atoms with van der Waals surface area (Å²) in [6.45, 7) is 2.96. The van der Waals surface area contributed by atoms with Gasteiger partial charge in [0.25, 0.3) is 5.91 Å². The fourth-order valence-electron chi connectivity index (χ4n) is 2.86. The second-order valence-electron chi connectivity index (χ2n) is 6.05. The standard InChI is InChI=1S/C18H21ClN2O2/c1-2-7-21(8-9-22)18(23)15-11-17(12-3-4-12)20-16-6-5-13(19)10-14(15)16/h5-6,10-12,22H,2-4,7-9H2,1H3. The van der Waals surface area contributed by atoms with Crippen molar-refractivity contribution in [2.24, 2.45) is 0 Å². The first-order valence-corrected chi connectivity index (χ1v) is 8.52. The largest absolute Gasteiger partial charge is 0.395 e. The Hall–Kier alpha value is -1.65. The third-order valence-electron chi connectivity index (χ3n) is 4.17. The maximum atomic E-state index is 13.0. The Morgan fingerprint density at radius 3 is 2.78 bits per heavy atom.